The average molecular weight is 303 g/mol. The Morgan fingerprint density at radius 3 is 1.38 bits per heavy atom. The number of nitrogens with one attached hydrogen (secondary N) is 1. The summed E-state index contributed by atoms with van der Waals surface area (Å²) in [7, 11) is 0. The van der Waals surface area contributed by atoms with Crippen molar-refractivity contribution >= 4 is 6.79 Å². The molecule has 7 nitrogen and oxygen atoms in total. The van der Waals surface area contributed by atoms with Gasteiger partial charge in [0, 0.05) is 39.3 Å². The molecule has 0 unspecified atom stereocenters. The monoisotopic (exact) mass is 303 g/mol. The van der Waals surface area contributed by atoms with E-state index in [1.54, 1.807) is 0 Å². The molecule has 0 bridgehead atoms. The first-order valence-corrected chi connectivity index (χ1v) is 7.63. The van der Waals surface area contributed by atoms with Crippen LogP contribution in [0.5, 0.6) is 0 Å². The smallest absolute Gasteiger partial charge is 0.106 e. The molecule has 3 aliphatic heterocycles. The van der Waals surface area contributed by atoms with Crippen LogP contribution in [0.2, 0.25) is 0 Å². The summed E-state index contributed by atoms with van der Waals surface area (Å²) in [5, 5.41) is 3.16. The van der Waals surface area contributed by atoms with E-state index in [1.807, 2.05) is 6.79 Å². The molecule has 0 aromatic heterocycles. The third-order valence-electron chi connectivity index (χ3n) is 3.45. The summed E-state index contributed by atoms with van der Waals surface area (Å²) in [5.74, 6) is 0. The Hall–Kier alpha value is -0.570. The van der Waals surface area contributed by atoms with Gasteiger partial charge in [-0.3, -0.25) is 9.80 Å². The van der Waals surface area contributed by atoms with Crippen molar-refractivity contribution in [2.24, 2.45) is 0 Å². The van der Waals surface area contributed by atoms with Gasteiger partial charge in [-0.25, -0.2) is 0 Å². The molecule has 0 radical (unpaired) electrons. The lowest BCUT2D eigenvalue weighted by molar-refractivity contribution is -0.0979. The van der Waals surface area contributed by atoms with Gasteiger partial charge in [0.05, 0.1) is 46.3 Å². The molecule has 3 rings (SSSR count). The number of carbonyl (C=O) groups excluding carboxylic acids is 1. The number of hydrogen-bond donors (Lipinski definition) is 1. The minimum absolute atomic E-state index is 0.889. The maximum absolute atomic E-state index is 8.00. The first-order chi connectivity index (χ1) is 10.4. The van der Waals surface area contributed by atoms with Crippen molar-refractivity contribution < 1.29 is 19.0 Å². The van der Waals surface area contributed by atoms with Gasteiger partial charge in [-0.15, -0.1) is 0 Å². The number of rotatable bonds is 2. The highest BCUT2D eigenvalue weighted by Gasteiger charge is 2.16. The number of carbonyl (C=O) groups is 1. The molecule has 1 N–H and O–H groups in total. The van der Waals surface area contributed by atoms with E-state index in [2.05, 4.69) is 15.1 Å². The second-order valence-corrected chi connectivity index (χ2v) is 4.96. The second-order valence-electron chi connectivity index (χ2n) is 4.96. The molecule has 0 atom stereocenters. The molecular weight excluding hydrogens is 274 g/mol. The van der Waals surface area contributed by atoms with Crippen LogP contribution in [0, 0.1) is 0 Å². The average Bonchev–Trinajstić information content (AvgIpc) is 2.61. The van der Waals surface area contributed by atoms with Gasteiger partial charge in [0.2, 0.25) is 0 Å². The summed E-state index contributed by atoms with van der Waals surface area (Å²) in [5.41, 5.74) is 0. The van der Waals surface area contributed by atoms with Crippen LogP contribution in [0.15, 0.2) is 0 Å². The first-order valence-electron chi connectivity index (χ1n) is 7.63. The van der Waals surface area contributed by atoms with E-state index >= 15 is 0 Å². The molecule has 0 spiro atoms. The molecule has 3 fully saturated rings. The van der Waals surface area contributed by atoms with Crippen LogP contribution in [0.4, 0.5) is 0 Å². The van der Waals surface area contributed by atoms with Crippen LogP contribution in [-0.4, -0.2) is 102 Å². The van der Waals surface area contributed by atoms with E-state index in [-0.39, 0.29) is 0 Å². The summed E-state index contributed by atoms with van der Waals surface area (Å²) >= 11 is 0. The Morgan fingerprint density at radius 2 is 1.10 bits per heavy atom. The fourth-order valence-corrected chi connectivity index (χ4v) is 2.28. The van der Waals surface area contributed by atoms with E-state index in [4.69, 9.17) is 19.0 Å². The zero-order valence-electron chi connectivity index (χ0n) is 12.9. The highest BCUT2D eigenvalue weighted by atomic mass is 16.5. The van der Waals surface area contributed by atoms with Crippen molar-refractivity contribution in [3.05, 3.63) is 0 Å². The van der Waals surface area contributed by atoms with Gasteiger partial charge >= 0.3 is 0 Å². The second kappa shape index (κ2) is 13.1. The molecule has 3 aliphatic rings. The van der Waals surface area contributed by atoms with E-state index in [0.717, 1.165) is 85.6 Å². The van der Waals surface area contributed by atoms with Gasteiger partial charge in [0.25, 0.3) is 0 Å². The summed E-state index contributed by atoms with van der Waals surface area (Å²) in [6.07, 6.45) is 0. The third kappa shape index (κ3) is 9.13. The SMILES string of the molecule is C1CN(CN2CCOCC2)CCO1.C1COCCN1.C=O. The minimum Gasteiger partial charge on any atom is -0.379 e. The van der Waals surface area contributed by atoms with Crippen LogP contribution >= 0.6 is 0 Å². The van der Waals surface area contributed by atoms with Crippen LogP contribution < -0.4 is 5.32 Å². The lowest BCUT2D eigenvalue weighted by atomic mass is 10.4. The zero-order chi connectivity index (χ0) is 15.2. The Labute approximate surface area is 127 Å². The zero-order valence-corrected chi connectivity index (χ0v) is 12.9. The Bertz CT molecular complexity index is 203. The van der Waals surface area contributed by atoms with E-state index in [0.29, 0.717) is 0 Å². The number of nitrogens with zero attached hydrogens (tertiary/aromatic N) is 2. The Kier molecular flexibility index (Phi) is 11.5. The number of ether oxygens (including phenoxy) is 3. The third-order valence-corrected chi connectivity index (χ3v) is 3.45. The largest absolute Gasteiger partial charge is 0.379 e. The van der Waals surface area contributed by atoms with Gasteiger partial charge in [-0.1, -0.05) is 0 Å². The van der Waals surface area contributed by atoms with Crippen molar-refractivity contribution in [1.82, 2.24) is 15.1 Å². The molecule has 7 heteroatoms. The maximum Gasteiger partial charge on any atom is 0.106 e. The summed E-state index contributed by atoms with van der Waals surface area (Å²) in [4.78, 5) is 12.9. The van der Waals surface area contributed by atoms with E-state index in [1.165, 1.54) is 0 Å². The van der Waals surface area contributed by atoms with Crippen molar-refractivity contribution in [3.8, 4) is 0 Å². The highest BCUT2D eigenvalue weighted by Crippen LogP contribution is 2.02. The van der Waals surface area contributed by atoms with Gasteiger partial charge in [-0.2, -0.15) is 0 Å². The van der Waals surface area contributed by atoms with Gasteiger partial charge in [0.1, 0.15) is 6.79 Å². The molecule has 0 aromatic carbocycles. The van der Waals surface area contributed by atoms with Crippen molar-refractivity contribution in [2.75, 3.05) is 85.6 Å². The van der Waals surface area contributed by atoms with Crippen molar-refractivity contribution in [3.63, 3.8) is 0 Å². The lowest BCUT2D eigenvalue weighted by Gasteiger charge is -2.34. The standard InChI is InChI=1S/C9H18N2O2.C4H9NO.CH2O/c1-5-12-6-2-10(1)9-11-3-7-13-8-4-11;1-3-6-4-2-5-1;1-2/h1-9H2;5H,1-4H2;1H2. The molecule has 0 aliphatic carbocycles. The molecular formula is C14H29N3O4. The summed E-state index contributed by atoms with van der Waals surface area (Å²) in [6.45, 7) is 14.8. The quantitative estimate of drug-likeness (QED) is 0.704. The van der Waals surface area contributed by atoms with Gasteiger partial charge in [-0.05, 0) is 0 Å². The number of morpholine rings is 3. The molecule has 21 heavy (non-hydrogen) atoms. The predicted octanol–water partition coefficient (Wildman–Crippen LogP) is -0.970. The Morgan fingerprint density at radius 1 is 0.714 bits per heavy atom. The van der Waals surface area contributed by atoms with Crippen molar-refractivity contribution in [2.45, 2.75) is 0 Å². The highest BCUT2D eigenvalue weighted by molar-refractivity contribution is 5.10. The molecule has 0 saturated carbocycles. The minimum atomic E-state index is 0.889. The van der Waals surface area contributed by atoms with Crippen molar-refractivity contribution in [1.29, 1.82) is 0 Å². The normalized spacial score (nSPS) is 24.2. The Balaban J connectivity index is 0.000000231. The van der Waals surface area contributed by atoms with Crippen LogP contribution in [0.25, 0.3) is 0 Å². The number of hydrogen-bond acceptors (Lipinski definition) is 7. The van der Waals surface area contributed by atoms with E-state index in [9.17, 15) is 0 Å². The first kappa shape index (κ1) is 18.5. The molecule has 3 saturated heterocycles. The van der Waals surface area contributed by atoms with Crippen LogP contribution in [-0.2, 0) is 19.0 Å². The molecule has 0 aromatic rings. The lowest BCUT2D eigenvalue weighted by Crippen LogP contribution is -2.47. The fraction of sp³-hybridized carbons (Fsp3) is 0.929. The topological polar surface area (TPSA) is 63.3 Å². The fourth-order valence-electron chi connectivity index (χ4n) is 2.28. The molecule has 124 valence electrons. The maximum atomic E-state index is 8.00. The van der Waals surface area contributed by atoms with Gasteiger partial charge in [0.15, 0.2) is 0 Å². The van der Waals surface area contributed by atoms with Crippen LogP contribution in [0.3, 0.4) is 0 Å². The predicted molar refractivity (Wildman–Crippen MR) is 80.5 cm³/mol. The molecule has 3 heterocycles. The molecule has 0 amide bonds. The summed E-state index contributed by atoms with van der Waals surface area (Å²) < 4.78 is 15.6. The van der Waals surface area contributed by atoms with Gasteiger partial charge < -0.3 is 24.3 Å². The van der Waals surface area contributed by atoms with Crippen LogP contribution in [0.1, 0.15) is 0 Å². The van der Waals surface area contributed by atoms with E-state index < -0.39 is 0 Å². The summed E-state index contributed by atoms with van der Waals surface area (Å²) in [6, 6.07) is 0.